The molecule has 2 nitrogen and oxygen atoms in total. The fourth-order valence-electron chi connectivity index (χ4n) is 0.902. The van der Waals surface area contributed by atoms with Crippen molar-refractivity contribution in [1.82, 2.24) is 4.90 Å². The molecule has 1 saturated heterocycles. The first kappa shape index (κ1) is 6.47. The Kier molecular flexibility index (Phi) is 2.24. The average molecular weight is 132 g/mol. The highest BCUT2D eigenvalue weighted by molar-refractivity contribution is 7.38. The molecule has 1 heterocycles. The summed E-state index contributed by atoms with van der Waals surface area (Å²) in [4.78, 5) is 2.27. The summed E-state index contributed by atoms with van der Waals surface area (Å²) < 4.78 is 0. The molecule has 1 aliphatic heterocycles. The van der Waals surface area contributed by atoms with Crippen LogP contribution in [0.4, 0.5) is 0 Å². The van der Waals surface area contributed by atoms with Crippen molar-refractivity contribution in [3.63, 3.8) is 0 Å². The van der Waals surface area contributed by atoms with Gasteiger partial charge in [-0.3, -0.25) is 4.90 Å². The van der Waals surface area contributed by atoms with E-state index in [-0.39, 0.29) is 0 Å². The lowest BCUT2D eigenvalue weighted by molar-refractivity contribution is 0.195. The molecule has 0 aromatic rings. The highest BCUT2D eigenvalue weighted by Crippen LogP contribution is 2.22. The first-order valence-electron chi connectivity index (χ1n) is 2.96. The van der Waals surface area contributed by atoms with Gasteiger partial charge in [-0.15, -0.1) is 8.58 Å². The molecule has 0 saturated carbocycles. The topological polar surface area (TPSA) is 29.3 Å². The van der Waals surface area contributed by atoms with Crippen LogP contribution >= 0.6 is 8.58 Å². The number of hydrogen-bond donors (Lipinski definition) is 1. The van der Waals surface area contributed by atoms with Crippen molar-refractivity contribution < 1.29 is 0 Å². The van der Waals surface area contributed by atoms with Crippen LogP contribution in [0.5, 0.6) is 0 Å². The summed E-state index contributed by atoms with van der Waals surface area (Å²) >= 11 is 0. The van der Waals surface area contributed by atoms with E-state index in [2.05, 4.69) is 11.6 Å². The van der Waals surface area contributed by atoms with Crippen molar-refractivity contribution >= 4 is 8.58 Å². The molecular formula is C5H13N2P. The van der Waals surface area contributed by atoms with E-state index in [0.717, 1.165) is 20.9 Å². The zero-order valence-corrected chi connectivity index (χ0v) is 6.22. The Morgan fingerprint density at radius 1 is 1.75 bits per heavy atom. The summed E-state index contributed by atoms with van der Waals surface area (Å²) in [6.45, 7) is 5.50. The molecule has 0 bridgehead atoms. The van der Waals surface area contributed by atoms with Crippen LogP contribution in [-0.4, -0.2) is 37.0 Å². The Bertz CT molecular complexity index is 62.8. The lowest BCUT2D eigenvalue weighted by Crippen LogP contribution is -2.50. The molecule has 0 radical (unpaired) electrons. The van der Waals surface area contributed by atoms with E-state index in [1.165, 1.54) is 13.1 Å². The van der Waals surface area contributed by atoms with Crippen molar-refractivity contribution in [2.45, 2.75) is 5.66 Å². The standard InChI is InChI=1S/C5H13N2P/c1-8-5-2-7(3-5)4-6/h5,8H,2-4,6H2,1H3. The molecule has 0 amide bonds. The summed E-state index contributed by atoms with van der Waals surface area (Å²) in [5.41, 5.74) is 6.35. The molecule has 3 heteroatoms. The molecule has 0 spiro atoms. The van der Waals surface area contributed by atoms with Gasteiger partial charge >= 0.3 is 0 Å². The molecule has 0 aliphatic carbocycles. The van der Waals surface area contributed by atoms with Crippen molar-refractivity contribution in [3.05, 3.63) is 0 Å². The number of likely N-dealkylation sites (tertiary alicyclic amines) is 1. The molecule has 1 rings (SSSR count). The van der Waals surface area contributed by atoms with Crippen LogP contribution in [0.15, 0.2) is 0 Å². The molecule has 48 valence electrons. The van der Waals surface area contributed by atoms with Gasteiger partial charge in [-0.2, -0.15) is 0 Å². The maximum Gasteiger partial charge on any atom is 0.0455 e. The average Bonchev–Trinajstić information content (AvgIpc) is 1.65. The maximum absolute atomic E-state index is 5.38. The summed E-state index contributed by atoms with van der Waals surface area (Å²) in [6.07, 6.45) is 0. The minimum Gasteiger partial charge on any atom is -0.318 e. The van der Waals surface area contributed by atoms with Crippen LogP contribution in [0, 0.1) is 0 Å². The maximum atomic E-state index is 5.38. The Hall–Kier alpha value is 0.350. The van der Waals surface area contributed by atoms with Crippen LogP contribution < -0.4 is 5.73 Å². The Morgan fingerprint density at radius 3 is 2.75 bits per heavy atom. The highest BCUT2D eigenvalue weighted by atomic mass is 31.1. The van der Waals surface area contributed by atoms with Gasteiger partial charge in [0.05, 0.1) is 0 Å². The molecule has 1 aliphatic rings. The van der Waals surface area contributed by atoms with E-state index in [0.29, 0.717) is 0 Å². The van der Waals surface area contributed by atoms with Crippen molar-refractivity contribution in [2.24, 2.45) is 5.73 Å². The van der Waals surface area contributed by atoms with Gasteiger partial charge in [-0.25, -0.2) is 0 Å². The van der Waals surface area contributed by atoms with Gasteiger partial charge < -0.3 is 5.73 Å². The van der Waals surface area contributed by atoms with E-state index in [1.54, 1.807) is 0 Å². The summed E-state index contributed by atoms with van der Waals surface area (Å²) in [5.74, 6) is 0. The summed E-state index contributed by atoms with van der Waals surface area (Å²) in [6, 6.07) is 0. The number of nitrogens with zero attached hydrogens (tertiary/aromatic N) is 1. The summed E-state index contributed by atoms with van der Waals surface area (Å²) in [7, 11) is 1.11. The number of nitrogens with two attached hydrogens (primary N) is 1. The third kappa shape index (κ3) is 1.19. The van der Waals surface area contributed by atoms with Crippen molar-refractivity contribution in [3.8, 4) is 0 Å². The molecule has 1 unspecified atom stereocenters. The highest BCUT2D eigenvalue weighted by Gasteiger charge is 2.22. The molecule has 1 atom stereocenters. The van der Waals surface area contributed by atoms with Crippen LogP contribution in [0.25, 0.3) is 0 Å². The molecule has 0 aromatic carbocycles. The zero-order chi connectivity index (χ0) is 5.98. The van der Waals surface area contributed by atoms with Gasteiger partial charge in [0.15, 0.2) is 0 Å². The third-order valence-electron chi connectivity index (χ3n) is 1.62. The van der Waals surface area contributed by atoms with Gasteiger partial charge in [0.25, 0.3) is 0 Å². The van der Waals surface area contributed by atoms with Crippen molar-refractivity contribution in [2.75, 3.05) is 26.4 Å². The van der Waals surface area contributed by atoms with Gasteiger partial charge in [-0.05, 0) is 6.66 Å². The Labute approximate surface area is 52.2 Å². The quantitative estimate of drug-likeness (QED) is 0.531. The van der Waals surface area contributed by atoms with E-state index in [9.17, 15) is 0 Å². The van der Waals surface area contributed by atoms with E-state index in [1.807, 2.05) is 0 Å². The Morgan fingerprint density at radius 2 is 2.38 bits per heavy atom. The monoisotopic (exact) mass is 132 g/mol. The smallest absolute Gasteiger partial charge is 0.0455 e. The number of rotatable bonds is 2. The minimum absolute atomic E-state index is 0.751. The van der Waals surface area contributed by atoms with Crippen molar-refractivity contribution in [1.29, 1.82) is 0 Å². The predicted molar refractivity (Wildman–Crippen MR) is 38.7 cm³/mol. The third-order valence-corrected chi connectivity index (χ3v) is 2.81. The normalized spacial score (nSPS) is 24.8. The SMILES string of the molecule is CPC1CN(CN)C1. The molecular weight excluding hydrogens is 119 g/mol. The first-order chi connectivity index (χ1) is 3.86. The Balaban J connectivity index is 2.03. The van der Waals surface area contributed by atoms with E-state index < -0.39 is 0 Å². The second-order valence-corrected chi connectivity index (χ2v) is 3.60. The largest absolute Gasteiger partial charge is 0.318 e. The molecule has 8 heavy (non-hydrogen) atoms. The summed E-state index contributed by atoms with van der Waals surface area (Å²) in [5, 5.41) is 0. The van der Waals surface area contributed by atoms with Gasteiger partial charge in [0.1, 0.15) is 0 Å². The van der Waals surface area contributed by atoms with Gasteiger partial charge in [0, 0.05) is 25.4 Å². The second-order valence-electron chi connectivity index (χ2n) is 2.20. The molecule has 1 fully saturated rings. The fraction of sp³-hybridized carbons (Fsp3) is 1.00. The van der Waals surface area contributed by atoms with Crippen LogP contribution in [0.1, 0.15) is 0 Å². The zero-order valence-electron chi connectivity index (χ0n) is 5.22. The fourth-order valence-corrected chi connectivity index (χ4v) is 1.78. The molecule has 0 aromatic heterocycles. The van der Waals surface area contributed by atoms with E-state index in [4.69, 9.17) is 5.73 Å². The lowest BCUT2D eigenvalue weighted by atomic mass is 10.2. The second kappa shape index (κ2) is 2.77. The molecule has 2 N–H and O–H groups in total. The van der Waals surface area contributed by atoms with Crippen LogP contribution in [0.3, 0.4) is 0 Å². The van der Waals surface area contributed by atoms with E-state index >= 15 is 0 Å². The van der Waals surface area contributed by atoms with Gasteiger partial charge in [-0.1, -0.05) is 0 Å². The number of hydrogen-bond acceptors (Lipinski definition) is 2. The predicted octanol–water partition coefficient (Wildman–Crippen LogP) is -0.105. The van der Waals surface area contributed by atoms with Gasteiger partial charge in [0.2, 0.25) is 0 Å². The van der Waals surface area contributed by atoms with Crippen LogP contribution in [-0.2, 0) is 0 Å². The van der Waals surface area contributed by atoms with Crippen LogP contribution in [0.2, 0.25) is 0 Å². The first-order valence-corrected chi connectivity index (χ1v) is 4.54. The lowest BCUT2D eigenvalue weighted by Gasteiger charge is -2.37. The minimum atomic E-state index is 0.751.